The van der Waals surface area contributed by atoms with E-state index in [1.807, 2.05) is 30.5 Å². The molecule has 2 heterocycles. The van der Waals surface area contributed by atoms with Gasteiger partial charge in [0.05, 0.1) is 22.7 Å². The Morgan fingerprint density at radius 3 is 2.54 bits per heavy atom. The molecule has 0 saturated heterocycles. The minimum Gasteiger partial charge on any atom is -0.360 e. The highest BCUT2D eigenvalue weighted by molar-refractivity contribution is 7.90. The largest absolute Gasteiger partial charge is 0.360 e. The second-order valence-electron chi connectivity index (χ2n) is 6.60. The average Bonchev–Trinajstić information content (AvgIpc) is 3.03. The van der Waals surface area contributed by atoms with Crippen LogP contribution in [-0.4, -0.2) is 30.7 Å². The molecule has 2 aromatic heterocycles. The molecule has 0 aliphatic carbocycles. The minimum absolute atomic E-state index is 0.0670. The van der Waals surface area contributed by atoms with Gasteiger partial charge in [-0.05, 0) is 42.0 Å². The number of pyridine rings is 1. The summed E-state index contributed by atoms with van der Waals surface area (Å²) in [5.41, 5.74) is 9.18. The second-order valence-corrected chi connectivity index (χ2v) is 9.66. The minimum atomic E-state index is -3.34. The van der Waals surface area contributed by atoms with Gasteiger partial charge in [0.1, 0.15) is 0 Å². The summed E-state index contributed by atoms with van der Waals surface area (Å²) in [7, 11) is -3.34. The molecule has 0 fully saturated rings. The molecule has 0 spiro atoms. The molecule has 0 radical (unpaired) electrons. The lowest BCUT2D eigenvalue weighted by Crippen LogP contribution is -2.17. The fourth-order valence-corrected chi connectivity index (χ4v) is 4.88. The summed E-state index contributed by atoms with van der Waals surface area (Å²) in [6, 6.07) is 12.6. The van der Waals surface area contributed by atoms with Crippen LogP contribution in [0.3, 0.4) is 0 Å². The third kappa shape index (κ3) is 3.73. The predicted octanol–water partition coefficient (Wildman–Crippen LogP) is 4.56. The number of benzene rings is 2. The van der Waals surface area contributed by atoms with E-state index in [4.69, 9.17) is 33.9 Å². The molecular weight excluding hydrogens is 417 g/mol. The van der Waals surface area contributed by atoms with Crippen molar-refractivity contribution in [1.29, 1.82) is 0 Å². The smallest absolute Gasteiger partial charge is 0.155 e. The van der Waals surface area contributed by atoms with Gasteiger partial charge in [0.25, 0.3) is 0 Å². The van der Waals surface area contributed by atoms with Crippen molar-refractivity contribution in [1.82, 2.24) is 9.97 Å². The molecule has 8 heteroatoms. The lowest BCUT2D eigenvalue weighted by molar-refractivity contribution is 0.595. The average molecular weight is 434 g/mol. The molecule has 0 amide bonds. The fourth-order valence-electron chi connectivity index (χ4n) is 3.32. The van der Waals surface area contributed by atoms with Gasteiger partial charge in [-0.2, -0.15) is 0 Å². The SMILES string of the molecule is NCCS(=O)(=O)Cc1cc(-c2c[nH]c3ccc(Cl)cc23)nc2cc(Cl)ccc12. The molecule has 144 valence electrons. The number of halogens is 2. The highest BCUT2D eigenvalue weighted by atomic mass is 35.5. The molecule has 4 aromatic rings. The van der Waals surface area contributed by atoms with E-state index >= 15 is 0 Å². The van der Waals surface area contributed by atoms with E-state index in [9.17, 15) is 8.42 Å². The Balaban J connectivity index is 1.95. The lowest BCUT2D eigenvalue weighted by atomic mass is 10.0. The van der Waals surface area contributed by atoms with Gasteiger partial charge in [-0.25, -0.2) is 13.4 Å². The van der Waals surface area contributed by atoms with Crippen molar-refractivity contribution in [2.24, 2.45) is 5.73 Å². The van der Waals surface area contributed by atoms with Crippen LogP contribution in [-0.2, 0) is 15.6 Å². The quantitative estimate of drug-likeness (QED) is 0.482. The van der Waals surface area contributed by atoms with Gasteiger partial charge >= 0.3 is 0 Å². The van der Waals surface area contributed by atoms with Crippen LogP contribution in [0.2, 0.25) is 10.0 Å². The normalized spacial score (nSPS) is 12.1. The maximum absolute atomic E-state index is 12.4. The number of fused-ring (bicyclic) bond motifs is 2. The van der Waals surface area contributed by atoms with E-state index in [1.165, 1.54) is 0 Å². The molecule has 0 bridgehead atoms. The Morgan fingerprint density at radius 1 is 1.00 bits per heavy atom. The molecule has 28 heavy (non-hydrogen) atoms. The number of hydrogen-bond donors (Lipinski definition) is 2. The number of aromatic amines is 1. The van der Waals surface area contributed by atoms with Gasteiger partial charge in [0.15, 0.2) is 9.84 Å². The Morgan fingerprint density at radius 2 is 1.75 bits per heavy atom. The first-order valence-electron chi connectivity index (χ1n) is 8.63. The highest BCUT2D eigenvalue weighted by Gasteiger charge is 2.17. The number of sulfone groups is 1. The van der Waals surface area contributed by atoms with Crippen LogP contribution in [0, 0.1) is 0 Å². The second kappa shape index (κ2) is 7.37. The van der Waals surface area contributed by atoms with Crippen LogP contribution < -0.4 is 5.73 Å². The maximum atomic E-state index is 12.4. The topological polar surface area (TPSA) is 88.8 Å². The number of nitrogens with one attached hydrogen (secondary N) is 1. The van der Waals surface area contributed by atoms with Crippen LogP contribution in [0.5, 0.6) is 0 Å². The Kier molecular flexibility index (Phi) is 5.05. The Bertz CT molecular complexity index is 1300. The molecule has 0 aliphatic heterocycles. The molecule has 4 rings (SSSR count). The van der Waals surface area contributed by atoms with Crippen LogP contribution in [0.1, 0.15) is 5.56 Å². The first-order chi connectivity index (χ1) is 13.4. The zero-order valence-corrected chi connectivity index (χ0v) is 17.1. The van der Waals surface area contributed by atoms with Crippen LogP contribution >= 0.6 is 23.2 Å². The number of H-pyrrole nitrogens is 1. The van der Waals surface area contributed by atoms with Gasteiger partial charge in [-0.15, -0.1) is 0 Å². The van der Waals surface area contributed by atoms with E-state index in [2.05, 4.69) is 4.98 Å². The lowest BCUT2D eigenvalue weighted by Gasteiger charge is -2.10. The summed E-state index contributed by atoms with van der Waals surface area (Å²) in [5, 5.41) is 2.82. The van der Waals surface area contributed by atoms with Crippen LogP contribution in [0.4, 0.5) is 0 Å². The van der Waals surface area contributed by atoms with Crippen LogP contribution in [0.25, 0.3) is 33.1 Å². The fraction of sp³-hybridized carbons (Fsp3) is 0.150. The number of aromatic nitrogens is 2. The summed E-state index contributed by atoms with van der Waals surface area (Å²) in [4.78, 5) is 7.93. The maximum Gasteiger partial charge on any atom is 0.155 e. The molecule has 2 aromatic carbocycles. The van der Waals surface area contributed by atoms with Crippen LogP contribution in [0.15, 0.2) is 48.7 Å². The first-order valence-corrected chi connectivity index (χ1v) is 11.2. The van der Waals surface area contributed by atoms with Gasteiger partial charge in [0.2, 0.25) is 0 Å². The molecule has 0 unspecified atom stereocenters. The highest BCUT2D eigenvalue weighted by Crippen LogP contribution is 2.33. The predicted molar refractivity (Wildman–Crippen MR) is 116 cm³/mol. The zero-order valence-electron chi connectivity index (χ0n) is 14.7. The van der Waals surface area contributed by atoms with Crippen molar-refractivity contribution in [3.05, 3.63) is 64.3 Å². The number of nitrogens with zero attached hydrogens (tertiary/aromatic N) is 1. The van der Waals surface area contributed by atoms with Crippen molar-refractivity contribution in [2.75, 3.05) is 12.3 Å². The number of nitrogens with two attached hydrogens (primary N) is 1. The molecule has 3 N–H and O–H groups in total. The van der Waals surface area contributed by atoms with Gasteiger partial charge in [0, 0.05) is 44.6 Å². The third-order valence-corrected chi connectivity index (χ3v) is 6.66. The van der Waals surface area contributed by atoms with E-state index in [0.29, 0.717) is 26.8 Å². The number of hydrogen-bond acceptors (Lipinski definition) is 4. The monoisotopic (exact) mass is 433 g/mol. The van der Waals surface area contributed by atoms with Crippen molar-refractivity contribution in [3.8, 4) is 11.3 Å². The summed E-state index contributed by atoms with van der Waals surface area (Å²) >= 11 is 12.3. The zero-order chi connectivity index (χ0) is 19.9. The molecule has 0 saturated carbocycles. The standard InChI is InChI=1S/C20H17Cl2N3O2S/c21-13-2-4-18-16(8-13)17(10-24-18)19-7-12(11-28(26,27)6-5-23)15-3-1-14(22)9-20(15)25-19/h1-4,7-10,24H,5-6,11,23H2. The Hall–Kier alpha value is -2.12. The molecule has 0 aliphatic rings. The van der Waals surface area contributed by atoms with Crippen molar-refractivity contribution in [3.63, 3.8) is 0 Å². The van der Waals surface area contributed by atoms with E-state index in [0.717, 1.165) is 21.9 Å². The summed E-state index contributed by atoms with van der Waals surface area (Å²) in [6.07, 6.45) is 1.85. The third-order valence-electron chi connectivity index (χ3n) is 4.58. The first kappa shape index (κ1) is 19.2. The van der Waals surface area contributed by atoms with Gasteiger partial charge < -0.3 is 10.7 Å². The van der Waals surface area contributed by atoms with Gasteiger partial charge in [-0.3, -0.25) is 0 Å². The van der Waals surface area contributed by atoms with E-state index in [1.54, 1.807) is 18.2 Å². The number of rotatable bonds is 5. The summed E-state index contributed by atoms with van der Waals surface area (Å²) in [5.74, 6) is -0.177. The summed E-state index contributed by atoms with van der Waals surface area (Å²) < 4.78 is 24.8. The Labute approximate surface area is 172 Å². The van der Waals surface area contributed by atoms with E-state index < -0.39 is 9.84 Å². The van der Waals surface area contributed by atoms with Gasteiger partial charge in [-0.1, -0.05) is 29.3 Å². The van der Waals surface area contributed by atoms with Crippen molar-refractivity contribution in [2.45, 2.75) is 5.75 Å². The molecule has 5 nitrogen and oxygen atoms in total. The van der Waals surface area contributed by atoms with Crippen molar-refractivity contribution >= 4 is 54.8 Å². The molecule has 0 atom stereocenters. The van der Waals surface area contributed by atoms with Crippen molar-refractivity contribution < 1.29 is 8.42 Å². The van der Waals surface area contributed by atoms with E-state index in [-0.39, 0.29) is 18.1 Å². The molecular formula is C20H17Cl2N3O2S. The summed E-state index contributed by atoms with van der Waals surface area (Å²) in [6.45, 7) is 0.0883.